The molecule has 4 nitrogen and oxygen atoms in total. The molecule has 0 fully saturated rings. The fourth-order valence-electron chi connectivity index (χ4n) is 0.728. The first-order chi connectivity index (χ1) is 5.25. The van der Waals surface area contributed by atoms with E-state index in [1.165, 1.54) is 0 Å². The summed E-state index contributed by atoms with van der Waals surface area (Å²) in [5.74, 6) is 0.711. The van der Waals surface area contributed by atoms with Gasteiger partial charge in [0.25, 0.3) is 0 Å². The molecular weight excluding hydrogens is 257 g/mol. The van der Waals surface area contributed by atoms with Crippen LogP contribution in [0.1, 0.15) is 0 Å². The number of hydrogen-bond donors (Lipinski definition) is 1. The van der Waals surface area contributed by atoms with Crippen LogP contribution in [-0.2, 0) is 11.3 Å². The summed E-state index contributed by atoms with van der Waals surface area (Å²) < 4.78 is 7.60. The van der Waals surface area contributed by atoms with Crippen molar-refractivity contribution in [1.82, 2.24) is 9.78 Å². The third kappa shape index (κ3) is 2.06. The number of nitrogens with zero attached hydrogens (tertiary/aromatic N) is 2. The van der Waals surface area contributed by atoms with E-state index in [0.29, 0.717) is 19.0 Å². The van der Waals surface area contributed by atoms with E-state index < -0.39 is 0 Å². The first-order valence-corrected chi connectivity index (χ1v) is 4.29. The van der Waals surface area contributed by atoms with Crippen molar-refractivity contribution in [3.63, 3.8) is 0 Å². The molecule has 0 atom stereocenters. The molecule has 0 aliphatic carbocycles. The molecular formula is C6H10IN3O. The van der Waals surface area contributed by atoms with Gasteiger partial charge >= 0.3 is 0 Å². The highest BCUT2D eigenvalue weighted by molar-refractivity contribution is 14.1. The van der Waals surface area contributed by atoms with Crippen LogP contribution in [0.5, 0.6) is 0 Å². The fraction of sp³-hybridized carbons (Fsp3) is 0.500. The van der Waals surface area contributed by atoms with Gasteiger partial charge in [0.05, 0.1) is 22.9 Å². The standard InChI is InChI=1S/C6H10IN3O/c1-11-3-2-10-6(8)5(7)4-9-10/h4H,2-3,8H2,1H3. The van der Waals surface area contributed by atoms with Crippen LogP contribution in [0, 0.1) is 3.57 Å². The van der Waals surface area contributed by atoms with Crippen LogP contribution in [0.4, 0.5) is 5.82 Å². The second-order valence-corrected chi connectivity index (χ2v) is 3.26. The van der Waals surface area contributed by atoms with Gasteiger partial charge in [-0.3, -0.25) is 0 Å². The second-order valence-electron chi connectivity index (χ2n) is 2.09. The Bertz CT molecular complexity index is 236. The summed E-state index contributed by atoms with van der Waals surface area (Å²) in [6, 6.07) is 0. The Labute approximate surface area is 78.8 Å². The molecule has 5 heteroatoms. The highest BCUT2D eigenvalue weighted by Crippen LogP contribution is 2.12. The van der Waals surface area contributed by atoms with Crippen molar-refractivity contribution in [2.75, 3.05) is 19.5 Å². The van der Waals surface area contributed by atoms with E-state index in [1.54, 1.807) is 18.0 Å². The van der Waals surface area contributed by atoms with Gasteiger partial charge in [0, 0.05) is 7.11 Å². The molecule has 0 aromatic carbocycles. The molecule has 62 valence electrons. The largest absolute Gasteiger partial charge is 0.383 e. The topological polar surface area (TPSA) is 53.1 Å². The number of halogens is 1. The average Bonchev–Trinajstić information content (AvgIpc) is 2.31. The van der Waals surface area contributed by atoms with Crippen molar-refractivity contribution >= 4 is 28.4 Å². The summed E-state index contributed by atoms with van der Waals surface area (Å²) in [6.07, 6.45) is 1.74. The van der Waals surface area contributed by atoms with Crippen LogP contribution in [0.15, 0.2) is 6.20 Å². The normalized spacial score (nSPS) is 10.4. The molecule has 1 heterocycles. The van der Waals surface area contributed by atoms with Gasteiger partial charge in [-0.25, -0.2) is 4.68 Å². The van der Waals surface area contributed by atoms with Gasteiger partial charge in [-0.05, 0) is 22.6 Å². The van der Waals surface area contributed by atoms with Gasteiger partial charge in [0.2, 0.25) is 0 Å². The van der Waals surface area contributed by atoms with Crippen LogP contribution in [-0.4, -0.2) is 23.5 Å². The Hall–Kier alpha value is -0.300. The maximum Gasteiger partial charge on any atom is 0.135 e. The molecule has 0 saturated heterocycles. The molecule has 0 amide bonds. The van der Waals surface area contributed by atoms with E-state index in [-0.39, 0.29) is 0 Å². The minimum absolute atomic E-state index is 0.641. The Balaban J connectivity index is 2.63. The summed E-state index contributed by atoms with van der Waals surface area (Å²) in [5, 5.41) is 4.06. The molecule has 1 aromatic rings. The lowest BCUT2D eigenvalue weighted by Crippen LogP contribution is -2.09. The summed E-state index contributed by atoms with van der Waals surface area (Å²) in [4.78, 5) is 0. The van der Waals surface area contributed by atoms with Crippen LogP contribution < -0.4 is 5.73 Å². The van der Waals surface area contributed by atoms with Crippen molar-refractivity contribution in [2.45, 2.75) is 6.54 Å². The van der Waals surface area contributed by atoms with E-state index in [4.69, 9.17) is 10.5 Å². The van der Waals surface area contributed by atoms with Crippen molar-refractivity contribution in [3.8, 4) is 0 Å². The van der Waals surface area contributed by atoms with Crippen LogP contribution in [0.2, 0.25) is 0 Å². The summed E-state index contributed by atoms with van der Waals surface area (Å²) in [7, 11) is 1.66. The highest BCUT2D eigenvalue weighted by Gasteiger charge is 2.02. The number of methoxy groups -OCH3 is 1. The lowest BCUT2D eigenvalue weighted by Gasteiger charge is -2.01. The first kappa shape index (κ1) is 8.79. The molecule has 0 spiro atoms. The van der Waals surface area contributed by atoms with Crippen LogP contribution in [0.3, 0.4) is 0 Å². The molecule has 1 aromatic heterocycles. The van der Waals surface area contributed by atoms with E-state index in [9.17, 15) is 0 Å². The monoisotopic (exact) mass is 267 g/mol. The fourth-order valence-corrected chi connectivity index (χ4v) is 1.13. The predicted octanol–water partition coefficient (Wildman–Crippen LogP) is 0.716. The average molecular weight is 267 g/mol. The van der Waals surface area contributed by atoms with Gasteiger partial charge in [-0.1, -0.05) is 0 Å². The SMILES string of the molecule is COCCn1ncc(I)c1N. The number of nitrogen functional groups attached to an aromatic ring is 1. The highest BCUT2D eigenvalue weighted by atomic mass is 127. The van der Waals surface area contributed by atoms with Crippen LogP contribution in [0.25, 0.3) is 0 Å². The zero-order valence-corrected chi connectivity index (χ0v) is 8.41. The number of rotatable bonds is 3. The lowest BCUT2D eigenvalue weighted by molar-refractivity contribution is 0.184. The maximum absolute atomic E-state index is 5.68. The molecule has 0 unspecified atom stereocenters. The van der Waals surface area contributed by atoms with E-state index in [2.05, 4.69) is 27.7 Å². The third-order valence-electron chi connectivity index (χ3n) is 1.34. The minimum Gasteiger partial charge on any atom is -0.383 e. The van der Waals surface area contributed by atoms with Gasteiger partial charge in [0.1, 0.15) is 5.82 Å². The van der Waals surface area contributed by atoms with Crippen molar-refractivity contribution < 1.29 is 4.74 Å². The Morgan fingerprint density at radius 2 is 2.55 bits per heavy atom. The van der Waals surface area contributed by atoms with Crippen molar-refractivity contribution in [3.05, 3.63) is 9.77 Å². The smallest absolute Gasteiger partial charge is 0.135 e. The lowest BCUT2D eigenvalue weighted by atomic mass is 10.6. The Kier molecular flexibility index (Phi) is 3.13. The van der Waals surface area contributed by atoms with Crippen molar-refractivity contribution in [2.24, 2.45) is 0 Å². The van der Waals surface area contributed by atoms with E-state index in [1.807, 2.05) is 0 Å². The zero-order chi connectivity index (χ0) is 8.27. The van der Waals surface area contributed by atoms with E-state index >= 15 is 0 Å². The molecule has 0 saturated carbocycles. The van der Waals surface area contributed by atoms with Gasteiger partial charge in [-0.15, -0.1) is 0 Å². The van der Waals surface area contributed by atoms with Crippen molar-refractivity contribution in [1.29, 1.82) is 0 Å². The maximum atomic E-state index is 5.68. The number of ether oxygens (including phenoxy) is 1. The van der Waals surface area contributed by atoms with Crippen LogP contribution >= 0.6 is 22.6 Å². The molecule has 0 radical (unpaired) electrons. The summed E-state index contributed by atoms with van der Waals surface area (Å²) >= 11 is 2.15. The molecule has 1 rings (SSSR count). The molecule has 0 aliphatic heterocycles. The first-order valence-electron chi connectivity index (χ1n) is 3.21. The Morgan fingerprint density at radius 1 is 1.82 bits per heavy atom. The summed E-state index contributed by atoms with van der Waals surface area (Å²) in [6.45, 7) is 1.35. The number of hydrogen-bond acceptors (Lipinski definition) is 3. The summed E-state index contributed by atoms with van der Waals surface area (Å²) in [5.41, 5.74) is 5.68. The zero-order valence-electron chi connectivity index (χ0n) is 6.25. The Morgan fingerprint density at radius 3 is 3.00 bits per heavy atom. The van der Waals surface area contributed by atoms with Gasteiger partial charge < -0.3 is 10.5 Å². The minimum atomic E-state index is 0.641. The number of anilines is 1. The number of nitrogens with two attached hydrogens (primary N) is 1. The molecule has 11 heavy (non-hydrogen) atoms. The van der Waals surface area contributed by atoms with E-state index in [0.717, 1.165) is 3.57 Å². The van der Waals surface area contributed by atoms with Gasteiger partial charge in [-0.2, -0.15) is 5.10 Å². The quantitative estimate of drug-likeness (QED) is 0.821. The second kappa shape index (κ2) is 3.91. The molecule has 0 bridgehead atoms. The van der Waals surface area contributed by atoms with Gasteiger partial charge in [0.15, 0.2) is 0 Å². The number of aromatic nitrogens is 2. The predicted molar refractivity (Wildman–Crippen MR) is 51.2 cm³/mol. The molecule has 2 N–H and O–H groups in total. The third-order valence-corrected chi connectivity index (χ3v) is 2.17. The molecule has 0 aliphatic rings.